The van der Waals surface area contributed by atoms with E-state index in [0.717, 1.165) is 16.7 Å². The molecule has 21 heavy (non-hydrogen) atoms. The van der Waals surface area contributed by atoms with Crippen LogP contribution in [-0.2, 0) is 10.4 Å². The van der Waals surface area contributed by atoms with E-state index in [-0.39, 0.29) is 12.5 Å². The van der Waals surface area contributed by atoms with Gasteiger partial charge in [-0.05, 0) is 30.2 Å². The van der Waals surface area contributed by atoms with Crippen molar-refractivity contribution < 1.29 is 9.90 Å². The van der Waals surface area contributed by atoms with Crippen LogP contribution in [0.2, 0.25) is 0 Å². The molecule has 0 radical (unpaired) electrons. The SMILES string of the molecule is Cc1cccc(C2(O)CNC(=O)C=C2c2ccncc2)c1. The van der Waals surface area contributed by atoms with Crippen molar-refractivity contribution in [1.82, 2.24) is 10.3 Å². The Kier molecular flexibility index (Phi) is 3.31. The standard InChI is InChI=1S/C17H16N2O2/c1-12-3-2-4-14(9-12)17(21)11-19-16(20)10-15(17)13-5-7-18-8-6-13/h2-10,21H,11H2,1H3,(H,19,20). The van der Waals surface area contributed by atoms with Gasteiger partial charge in [-0.2, -0.15) is 0 Å². The van der Waals surface area contributed by atoms with E-state index in [1.165, 1.54) is 6.08 Å². The molecule has 1 aromatic heterocycles. The molecule has 0 saturated carbocycles. The van der Waals surface area contributed by atoms with Gasteiger partial charge in [0.1, 0.15) is 5.60 Å². The maximum Gasteiger partial charge on any atom is 0.244 e. The fraction of sp³-hybridized carbons (Fsp3) is 0.176. The molecule has 0 aliphatic carbocycles. The van der Waals surface area contributed by atoms with E-state index >= 15 is 0 Å². The largest absolute Gasteiger partial charge is 0.378 e. The number of amides is 1. The molecule has 1 unspecified atom stereocenters. The summed E-state index contributed by atoms with van der Waals surface area (Å²) in [5.74, 6) is -0.195. The van der Waals surface area contributed by atoms with Crippen LogP contribution < -0.4 is 5.32 Å². The summed E-state index contributed by atoms with van der Waals surface area (Å²) in [4.78, 5) is 15.7. The summed E-state index contributed by atoms with van der Waals surface area (Å²) >= 11 is 0. The lowest BCUT2D eigenvalue weighted by Crippen LogP contribution is -2.45. The highest BCUT2D eigenvalue weighted by molar-refractivity contribution is 5.99. The fourth-order valence-electron chi connectivity index (χ4n) is 2.63. The van der Waals surface area contributed by atoms with E-state index in [2.05, 4.69) is 10.3 Å². The Morgan fingerprint density at radius 2 is 2.00 bits per heavy atom. The summed E-state index contributed by atoms with van der Waals surface area (Å²) in [6.07, 6.45) is 4.76. The Hall–Kier alpha value is -2.46. The number of nitrogens with zero attached hydrogens (tertiary/aromatic N) is 1. The van der Waals surface area contributed by atoms with Crippen molar-refractivity contribution in [1.29, 1.82) is 0 Å². The van der Waals surface area contributed by atoms with Crippen LogP contribution >= 0.6 is 0 Å². The molecule has 4 nitrogen and oxygen atoms in total. The van der Waals surface area contributed by atoms with Gasteiger partial charge < -0.3 is 10.4 Å². The predicted octanol–water partition coefficient (Wildman–Crippen LogP) is 1.79. The maximum atomic E-state index is 11.7. The molecule has 1 aromatic carbocycles. The topological polar surface area (TPSA) is 62.2 Å². The quantitative estimate of drug-likeness (QED) is 0.881. The van der Waals surface area contributed by atoms with Crippen molar-refractivity contribution in [3.05, 3.63) is 71.6 Å². The summed E-state index contributed by atoms with van der Waals surface area (Å²) in [6, 6.07) is 11.3. The second-order valence-corrected chi connectivity index (χ2v) is 5.24. The highest BCUT2D eigenvalue weighted by atomic mass is 16.3. The number of carbonyl (C=O) groups excluding carboxylic acids is 1. The number of β-amino-alcohol motifs (C(OH)–C–C–N with tert-alkyl or cyclic N) is 1. The fourth-order valence-corrected chi connectivity index (χ4v) is 2.63. The minimum atomic E-state index is -1.23. The molecule has 3 rings (SSSR count). The minimum Gasteiger partial charge on any atom is -0.378 e. The number of benzene rings is 1. The van der Waals surface area contributed by atoms with E-state index in [1.807, 2.05) is 31.2 Å². The number of carbonyl (C=O) groups is 1. The molecule has 2 N–H and O–H groups in total. The zero-order valence-corrected chi connectivity index (χ0v) is 11.7. The molecule has 106 valence electrons. The Bertz CT molecular complexity index is 710. The van der Waals surface area contributed by atoms with E-state index in [9.17, 15) is 9.90 Å². The van der Waals surface area contributed by atoms with Crippen molar-refractivity contribution in [3.63, 3.8) is 0 Å². The van der Waals surface area contributed by atoms with Gasteiger partial charge in [0.15, 0.2) is 0 Å². The summed E-state index contributed by atoms with van der Waals surface area (Å²) in [5.41, 5.74) is 1.99. The third-order valence-electron chi connectivity index (χ3n) is 3.73. The van der Waals surface area contributed by atoms with Gasteiger partial charge in [-0.1, -0.05) is 29.8 Å². The van der Waals surface area contributed by atoms with Crippen LogP contribution in [0.3, 0.4) is 0 Å². The van der Waals surface area contributed by atoms with Crippen molar-refractivity contribution in [2.75, 3.05) is 6.54 Å². The lowest BCUT2D eigenvalue weighted by atomic mass is 9.80. The number of hydrogen-bond acceptors (Lipinski definition) is 3. The molecule has 4 heteroatoms. The summed E-state index contributed by atoms with van der Waals surface area (Å²) in [7, 11) is 0. The zero-order chi connectivity index (χ0) is 14.9. The van der Waals surface area contributed by atoms with Gasteiger partial charge in [0.05, 0.1) is 6.54 Å². The molecule has 1 aliphatic heterocycles. The number of aromatic nitrogens is 1. The Morgan fingerprint density at radius 3 is 2.71 bits per heavy atom. The number of pyridine rings is 1. The molecule has 2 aromatic rings. The Morgan fingerprint density at radius 1 is 1.24 bits per heavy atom. The normalized spacial score (nSPS) is 21.6. The van der Waals surface area contributed by atoms with Crippen LogP contribution in [0.15, 0.2) is 54.9 Å². The second-order valence-electron chi connectivity index (χ2n) is 5.24. The van der Waals surface area contributed by atoms with Gasteiger partial charge in [-0.25, -0.2) is 0 Å². The zero-order valence-electron chi connectivity index (χ0n) is 11.7. The lowest BCUT2D eigenvalue weighted by molar-refractivity contribution is -0.118. The molecule has 0 bridgehead atoms. The molecular formula is C17H16N2O2. The third-order valence-corrected chi connectivity index (χ3v) is 3.73. The monoisotopic (exact) mass is 280 g/mol. The lowest BCUT2D eigenvalue weighted by Gasteiger charge is -2.35. The Balaban J connectivity index is 2.15. The van der Waals surface area contributed by atoms with Crippen molar-refractivity contribution >= 4 is 11.5 Å². The van der Waals surface area contributed by atoms with Crippen LogP contribution in [0, 0.1) is 6.92 Å². The summed E-state index contributed by atoms with van der Waals surface area (Å²) in [5, 5.41) is 13.9. The third kappa shape index (κ3) is 2.45. The molecule has 0 saturated heterocycles. The first-order chi connectivity index (χ1) is 10.1. The summed E-state index contributed by atoms with van der Waals surface area (Å²) < 4.78 is 0. The predicted molar refractivity (Wildman–Crippen MR) is 80.3 cm³/mol. The average Bonchev–Trinajstić information content (AvgIpc) is 2.51. The number of aliphatic hydroxyl groups is 1. The molecule has 1 aliphatic rings. The molecular weight excluding hydrogens is 264 g/mol. The van der Waals surface area contributed by atoms with Gasteiger partial charge in [0.2, 0.25) is 5.91 Å². The number of rotatable bonds is 2. The summed E-state index contributed by atoms with van der Waals surface area (Å²) in [6.45, 7) is 2.13. The molecule has 1 amide bonds. The average molecular weight is 280 g/mol. The van der Waals surface area contributed by atoms with E-state index < -0.39 is 5.60 Å². The van der Waals surface area contributed by atoms with Gasteiger partial charge in [-0.15, -0.1) is 0 Å². The Labute approximate surface area is 123 Å². The van der Waals surface area contributed by atoms with Gasteiger partial charge in [-0.3, -0.25) is 9.78 Å². The molecule has 1 atom stereocenters. The van der Waals surface area contributed by atoms with Crippen LogP contribution in [0.25, 0.3) is 5.57 Å². The van der Waals surface area contributed by atoms with E-state index in [4.69, 9.17) is 0 Å². The highest BCUT2D eigenvalue weighted by Gasteiger charge is 2.38. The maximum absolute atomic E-state index is 11.7. The first kappa shape index (κ1) is 13.5. The van der Waals surface area contributed by atoms with Gasteiger partial charge in [0.25, 0.3) is 0 Å². The number of aryl methyl sites for hydroxylation is 1. The highest BCUT2D eigenvalue weighted by Crippen LogP contribution is 2.37. The van der Waals surface area contributed by atoms with Crippen molar-refractivity contribution in [2.45, 2.75) is 12.5 Å². The van der Waals surface area contributed by atoms with Crippen LogP contribution in [0.4, 0.5) is 0 Å². The van der Waals surface area contributed by atoms with Crippen molar-refractivity contribution in [3.8, 4) is 0 Å². The van der Waals surface area contributed by atoms with Crippen molar-refractivity contribution in [2.24, 2.45) is 0 Å². The van der Waals surface area contributed by atoms with E-state index in [1.54, 1.807) is 24.5 Å². The molecule has 0 spiro atoms. The van der Waals surface area contributed by atoms with Gasteiger partial charge in [0, 0.05) is 24.0 Å². The van der Waals surface area contributed by atoms with Gasteiger partial charge >= 0.3 is 0 Å². The van der Waals surface area contributed by atoms with Crippen LogP contribution in [0.5, 0.6) is 0 Å². The smallest absolute Gasteiger partial charge is 0.244 e. The van der Waals surface area contributed by atoms with E-state index in [0.29, 0.717) is 5.57 Å². The van der Waals surface area contributed by atoms with Crippen LogP contribution in [0.1, 0.15) is 16.7 Å². The number of nitrogens with one attached hydrogen (secondary N) is 1. The minimum absolute atomic E-state index is 0.156. The second kappa shape index (κ2) is 5.14. The van der Waals surface area contributed by atoms with Crippen LogP contribution in [-0.4, -0.2) is 22.5 Å². The first-order valence-corrected chi connectivity index (χ1v) is 6.79. The molecule has 2 heterocycles. The first-order valence-electron chi connectivity index (χ1n) is 6.79. The number of hydrogen-bond donors (Lipinski definition) is 2. The molecule has 0 fully saturated rings.